The zero-order valence-electron chi connectivity index (χ0n) is 21.2. The second-order valence-electron chi connectivity index (χ2n) is 11.3. The van der Waals surface area contributed by atoms with Crippen molar-refractivity contribution in [3.05, 3.63) is 91.0 Å². The highest BCUT2D eigenvalue weighted by molar-refractivity contribution is 8.33. The van der Waals surface area contributed by atoms with Crippen LogP contribution in [-0.2, 0) is 13.7 Å². The third kappa shape index (κ3) is 4.06. The summed E-state index contributed by atoms with van der Waals surface area (Å²) < 4.78 is 97.7. The molecule has 0 aliphatic heterocycles. The zero-order valence-corrected chi connectivity index (χ0v) is 22.8. The standard InChI is InChI=1S/C30H30F4O3S2/c31-29(32,28-19-22-16-23(20-28)18-24(17-22)21-28)30(33,34)39(35,36)37-38(25-10-4-1-5-11-25,26-12-6-2-7-13-26)27-14-8-3-9-15-27/h1-15,22-24H,16-21H2. The van der Waals surface area contributed by atoms with Crippen LogP contribution in [0.2, 0.25) is 0 Å². The van der Waals surface area contributed by atoms with Crippen LogP contribution in [0.15, 0.2) is 106 Å². The molecule has 39 heavy (non-hydrogen) atoms. The Hall–Kier alpha value is -2.36. The zero-order chi connectivity index (χ0) is 27.5. The molecule has 9 heteroatoms. The van der Waals surface area contributed by atoms with Crippen molar-refractivity contribution in [1.29, 1.82) is 0 Å². The highest BCUT2D eigenvalue weighted by atomic mass is 32.3. The molecular weight excluding hydrogens is 548 g/mol. The van der Waals surface area contributed by atoms with Crippen molar-refractivity contribution >= 4 is 20.4 Å². The molecule has 0 amide bonds. The first-order valence-corrected chi connectivity index (χ1v) is 16.2. The van der Waals surface area contributed by atoms with Gasteiger partial charge < -0.3 is 0 Å². The lowest BCUT2D eigenvalue weighted by Gasteiger charge is -2.59. The van der Waals surface area contributed by atoms with E-state index in [2.05, 4.69) is 0 Å². The number of benzene rings is 3. The molecule has 4 aliphatic rings. The van der Waals surface area contributed by atoms with Gasteiger partial charge in [0, 0.05) is 20.1 Å². The van der Waals surface area contributed by atoms with Crippen molar-refractivity contribution in [2.24, 2.45) is 23.2 Å². The van der Waals surface area contributed by atoms with E-state index < -0.39 is 37.0 Å². The van der Waals surface area contributed by atoms with Gasteiger partial charge in [-0.3, -0.25) is 0 Å². The van der Waals surface area contributed by atoms with E-state index in [0.717, 1.165) is 19.3 Å². The molecule has 3 aromatic rings. The molecule has 0 aromatic heterocycles. The molecule has 0 atom stereocenters. The SMILES string of the molecule is O=S(=O)(OS(c1ccccc1)(c1ccccc1)c1ccccc1)C(F)(F)C(F)(F)C12CC3CC(CC(C3)C1)C2. The van der Waals surface area contributed by atoms with Crippen molar-refractivity contribution in [1.82, 2.24) is 0 Å². The average molecular weight is 579 g/mol. The van der Waals surface area contributed by atoms with Crippen molar-refractivity contribution in [2.75, 3.05) is 0 Å². The van der Waals surface area contributed by atoms with Crippen LogP contribution < -0.4 is 0 Å². The molecule has 7 rings (SSSR count). The second kappa shape index (κ2) is 9.35. The summed E-state index contributed by atoms with van der Waals surface area (Å²) in [4.78, 5) is 0.916. The largest absolute Gasteiger partial charge is 0.433 e. The molecule has 4 saturated carbocycles. The van der Waals surface area contributed by atoms with E-state index in [4.69, 9.17) is 3.63 Å². The first-order valence-electron chi connectivity index (χ1n) is 13.2. The topological polar surface area (TPSA) is 43.4 Å². The Bertz CT molecular complexity index is 1300. The van der Waals surface area contributed by atoms with Crippen LogP contribution in [0.4, 0.5) is 17.6 Å². The van der Waals surface area contributed by atoms with E-state index in [1.807, 2.05) is 0 Å². The summed E-state index contributed by atoms with van der Waals surface area (Å²) in [7, 11) is -9.55. The lowest BCUT2D eigenvalue weighted by molar-refractivity contribution is -0.272. The number of alkyl halides is 4. The minimum atomic E-state index is -6.16. The van der Waals surface area contributed by atoms with Gasteiger partial charge in [0.2, 0.25) is 0 Å². The van der Waals surface area contributed by atoms with E-state index in [-0.39, 0.29) is 37.0 Å². The van der Waals surface area contributed by atoms with Crippen LogP contribution in [0.3, 0.4) is 0 Å². The van der Waals surface area contributed by atoms with Crippen molar-refractivity contribution in [2.45, 2.75) is 64.4 Å². The van der Waals surface area contributed by atoms with Gasteiger partial charge in [-0.2, -0.15) is 26.0 Å². The van der Waals surface area contributed by atoms with Gasteiger partial charge in [0.1, 0.15) is 0 Å². The maximum absolute atomic E-state index is 16.2. The summed E-state index contributed by atoms with van der Waals surface area (Å²) in [5.74, 6) is -4.98. The van der Waals surface area contributed by atoms with E-state index in [1.54, 1.807) is 91.0 Å². The maximum Gasteiger partial charge on any atom is 0.433 e. The molecular formula is C30H30F4O3S2. The normalized spacial score (nSPS) is 27.4. The van der Waals surface area contributed by atoms with Gasteiger partial charge in [-0.1, -0.05) is 54.6 Å². The van der Waals surface area contributed by atoms with Gasteiger partial charge in [-0.15, -0.1) is 0 Å². The van der Waals surface area contributed by atoms with Gasteiger partial charge in [-0.05, 0) is 103 Å². The molecule has 0 spiro atoms. The lowest BCUT2D eigenvalue weighted by Crippen LogP contribution is -2.63. The maximum atomic E-state index is 16.2. The summed E-state index contributed by atoms with van der Waals surface area (Å²) in [6.45, 7) is 0. The Kier molecular flexibility index (Phi) is 6.43. The fourth-order valence-corrected chi connectivity index (χ4v) is 12.8. The van der Waals surface area contributed by atoms with Gasteiger partial charge in [0.25, 0.3) is 0 Å². The Balaban J connectivity index is 1.49. The lowest BCUT2D eigenvalue weighted by atomic mass is 9.48. The predicted molar refractivity (Wildman–Crippen MR) is 142 cm³/mol. The van der Waals surface area contributed by atoms with Crippen molar-refractivity contribution < 1.29 is 29.6 Å². The molecule has 0 N–H and O–H groups in total. The molecule has 3 aromatic carbocycles. The first-order chi connectivity index (χ1) is 18.5. The van der Waals surface area contributed by atoms with Crippen LogP contribution in [0, 0.1) is 23.2 Å². The fraction of sp³-hybridized carbons (Fsp3) is 0.400. The molecule has 0 heterocycles. The Morgan fingerprint density at radius 2 is 0.949 bits per heavy atom. The quantitative estimate of drug-likeness (QED) is 0.251. The van der Waals surface area contributed by atoms with Crippen molar-refractivity contribution in [3.63, 3.8) is 0 Å². The first kappa shape index (κ1) is 26.8. The molecule has 3 nitrogen and oxygen atoms in total. The van der Waals surface area contributed by atoms with E-state index >= 15 is 17.6 Å². The number of hydrogen-bond acceptors (Lipinski definition) is 3. The van der Waals surface area contributed by atoms with Crippen LogP contribution in [0.1, 0.15) is 38.5 Å². The molecule has 0 radical (unpaired) electrons. The minimum Gasteiger partial charge on any atom is -0.202 e. The third-order valence-electron chi connectivity index (χ3n) is 8.80. The Morgan fingerprint density at radius 3 is 1.28 bits per heavy atom. The van der Waals surface area contributed by atoms with Gasteiger partial charge in [0.05, 0.1) is 0 Å². The fourth-order valence-electron chi connectivity index (χ4n) is 7.50. The number of halogens is 4. The number of rotatable bonds is 8. The molecule has 0 saturated heterocycles. The minimum absolute atomic E-state index is 0.0655. The van der Waals surface area contributed by atoms with E-state index in [1.165, 1.54) is 0 Å². The van der Waals surface area contributed by atoms with Gasteiger partial charge in [0.15, 0.2) is 0 Å². The highest BCUT2D eigenvalue weighted by Crippen LogP contribution is 2.73. The third-order valence-corrected chi connectivity index (χ3v) is 14.0. The van der Waals surface area contributed by atoms with Crippen LogP contribution >= 0.6 is 10.3 Å². The molecule has 4 bridgehead atoms. The Morgan fingerprint density at radius 1 is 0.615 bits per heavy atom. The summed E-state index contributed by atoms with van der Waals surface area (Å²) in [6.07, 6.45) is 2.04. The van der Waals surface area contributed by atoms with E-state index in [9.17, 15) is 8.42 Å². The predicted octanol–water partition coefficient (Wildman–Crippen LogP) is 8.67. The average Bonchev–Trinajstić information content (AvgIpc) is 2.92. The highest BCUT2D eigenvalue weighted by Gasteiger charge is 2.77. The molecule has 0 unspecified atom stereocenters. The Labute approximate surface area is 228 Å². The van der Waals surface area contributed by atoms with Crippen LogP contribution in [0.25, 0.3) is 0 Å². The summed E-state index contributed by atoms with van der Waals surface area (Å²) >= 11 is 0. The van der Waals surface area contributed by atoms with E-state index in [0.29, 0.717) is 14.7 Å². The summed E-state index contributed by atoms with van der Waals surface area (Å²) in [5, 5.41) is -5.43. The molecule has 208 valence electrons. The monoisotopic (exact) mass is 578 g/mol. The number of hydrogen-bond donors (Lipinski definition) is 0. The second-order valence-corrected chi connectivity index (χ2v) is 15.8. The molecule has 4 fully saturated rings. The van der Waals surface area contributed by atoms with Crippen LogP contribution in [0.5, 0.6) is 0 Å². The molecule has 4 aliphatic carbocycles. The summed E-state index contributed by atoms with van der Waals surface area (Å²) in [6, 6.07) is 24.4. The summed E-state index contributed by atoms with van der Waals surface area (Å²) in [5.41, 5.74) is -2.05. The van der Waals surface area contributed by atoms with Gasteiger partial charge in [-0.25, -0.2) is 3.63 Å². The van der Waals surface area contributed by atoms with Gasteiger partial charge >= 0.3 is 21.3 Å². The van der Waals surface area contributed by atoms with Crippen LogP contribution in [-0.4, -0.2) is 19.6 Å². The van der Waals surface area contributed by atoms with Crippen molar-refractivity contribution in [3.8, 4) is 0 Å². The smallest absolute Gasteiger partial charge is 0.202 e.